The van der Waals surface area contributed by atoms with Crippen molar-refractivity contribution in [3.05, 3.63) is 29.0 Å². The average Bonchev–Trinajstić information content (AvgIpc) is 2.74. The van der Waals surface area contributed by atoms with Crippen molar-refractivity contribution in [2.45, 2.75) is 38.1 Å². The molecule has 4 heteroatoms. The predicted molar refractivity (Wildman–Crippen MR) is 79.7 cm³/mol. The van der Waals surface area contributed by atoms with Gasteiger partial charge in [0.05, 0.1) is 11.0 Å². The lowest BCUT2D eigenvalue weighted by Gasteiger charge is -2.23. The van der Waals surface area contributed by atoms with Crippen molar-refractivity contribution in [2.75, 3.05) is 6.54 Å². The largest absolute Gasteiger partial charge is 0.331 e. The van der Waals surface area contributed by atoms with E-state index in [2.05, 4.69) is 16.9 Å². The molecule has 2 heterocycles. The van der Waals surface area contributed by atoms with Crippen LogP contribution in [0.15, 0.2) is 18.2 Å². The molecule has 1 unspecified atom stereocenters. The Morgan fingerprint density at radius 1 is 1.42 bits per heavy atom. The first-order chi connectivity index (χ1) is 9.24. The van der Waals surface area contributed by atoms with Gasteiger partial charge in [-0.3, -0.25) is 0 Å². The number of hydrogen-bond donors (Lipinski definition) is 1. The number of hydrogen-bond acceptors (Lipinski definition) is 2. The first-order valence-corrected chi connectivity index (χ1v) is 7.46. The molecule has 0 amide bonds. The molecule has 0 saturated carbocycles. The van der Waals surface area contributed by atoms with Crippen LogP contribution in [0.3, 0.4) is 0 Å². The van der Waals surface area contributed by atoms with Crippen molar-refractivity contribution in [3.63, 3.8) is 0 Å². The monoisotopic (exact) mass is 277 g/mol. The van der Waals surface area contributed by atoms with E-state index in [-0.39, 0.29) is 0 Å². The van der Waals surface area contributed by atoms with Crippen molar-refractivity contribution in [2.24, 2.45) is 7.05 Å². The second-order valence-electron chi connectivity index (χ2n) is 5.41. The van der Waals surface area contributed by atoms with E-state index < -0.39 is 0 Å². The molecule has 0 spiro atoms. The zero-order valence-electron chi connectivity index (χ0n) is 11.3. The molecule has 0 aliphatic carbocycles. The molecule has 2 aromatic rings. The SMILES string of the molecule is Cn1c(CCC2CCCCN2)nc2ccc(Cl)cc21. The fourth-order valence-corrected chi connectivity index (χ4v) is 3.08. The average molecular weight is 278 g/mol. The summed E-state index contributed by atoms with van der Waals surface area (Å²) in [7, 11) is 2.08. The van der Waals surface area contributed by atoms with Gasteiger partial charge in [0, 0.05) is 24.5 Å². The maximum absolute atomic E-state index is 6.05. The van der Waals surface area contributed by atoms with Gasteiger partial charge in [-0.25, -0.2) is 4.98 Å². The molecule has 1 aromatic heterocycles. The summed E-state index contributed by atoms with van der Waals surface area (Å²) in [6.07, 6.45) is 6.18. The van der Waals surface area contributed by atoms with Crippen molar-refractivity contribution in [1.29, 1.82) is 0 Å². The Hall–Kier alpha value is -1.06. The number of aryl methyl sites for hydroxylation is 2. The van der Waals surface area contributed by atoms with Crippen LogP contribution in [0.5, 0.6) is 0 Å². The van der Waals surface area contributed by atoms with Crippen molar-refractivity contribution in [3.8, 4) is 0 Å². The molecule has 0 radical (unpaired) electrons. The topological polar surface area (TPSA) is 29.9 Å². The first-order valence-electron chi connectivity index (χ1n) is 7.08. The Kier molecular flexibility index (Phi) is 3.76. The Morgan fingerprint density at radius 2 is 2.32 bits per heavy atom. The molecular formula is C15H20ClN3. The highest BCUT2D eigenvalue weighted by Gasteiger charge is 2.14. The summed E-state index contributed by atoms with van der Waals surface area (Å²) in [6, 6.07) is 6.56. The molecule has 3 rings (SSSR count). The van der Waals surface area contributed by atoms with E-state index in [0.29, 0.717) is 6.04 Å². The van der Waals surface area contributed by atoms with Gasteiger partial charge in [-0.05, 0) is 44.0 Å². The summed E-state index contributed by atoms with van der Waals surface area (Å²) in [5.41, 5.74) is 2.16. The van der Waals surface area contributed by atoms with E-state index in [1.807, 2.05) is 18.2 Å². The van der Waals surface area contributed by atoms with Crippen LogP contribution < -0.4 is 5.32 Å². The molecule has 1 aliphatic rings. The van der Waals surface area contributed by atoms with Gasteiger partial charge in [-0.2, -0.15) is 0 Å². The van der Waals surface area contributed by atoms with E-state index in [1.165, 1.54) is 32.2 Å². The van der Waals surface area contributed by atoms with E-state index in [4.69, 9.17) is 16.6 Å². The van der Waals surface area contributed by atoms with E-state index in [9.17, 15) is 0 Å². The third kappa shape index (κ3) is 2.77. The van der Waals surface area contributed by atoms with E-state index >= 15 is 0 Å². The van der Waals surface area contributed by atoms with Crippen LogP contribution in [0.2, 0.25) is 5.02 Å². The normalized spacial score (nSPS) is 20.0. The summed E-state index contributed by atoms with van der Waals surface area (Å²) >= 11 is 6.05. The fraction of sp³-hybridized carbons (Fsp3) is 0.533. The lowest BCUT2D eigenvalue weighted by molar-refractivity contribution is 0.380. The number of rotatable bonds is 3. The molecule has 1 aromatic carbocycles. The van der Waals surface area contributed by atoms with Crippen LogP contribution in [0, 0.1) is 0 Å². The van der Waals surface area contributed by atoms with Crippen LogP contribution >= 0.6 is 11.6 Å². The zero-order chi connectivity index (χ0) is 13.2. The van der Waals surface area contributed by atoms with Crippen molar-refractivity contribution < 1.29 is 0 Å². The van der Waals surface area contributed by atoms with Crippen molar-refractivity contribution in [1.82, 2.24) is 14.9 Å². The molecule has 3 nitrogen and oxygen atoms in total. The minimum absolute atomic E-state index is 0.664. The Labute approximate surface area is 119 Å². The number of piperidine rings is 1. The lowest BCUT2D eigenvalue weighted by atomic mass is 10.0. The molecule has 1 aliphatic heterocycles. The lowest BCUT2D eigenvalue weighted by Crippen LogP contribution is -2.34. The van der Waals surface area contributed by atoms with E-state index in [1.54, 1.807) is 0 Å². The second-order valence-corrected chi connectivity index (χ2v) is 5.84. The Balaban J connectivity index is 1.75. The van der Waals surface area contributed by atoms with Crippen LogP contribution in [0.25, 0.3) is 11.0 Å². The van der Waals surface area contributed by atoms with Crippen molar-refractivity contribution >= 4 is 22.6 Å². The van der Waals surface area contributed by atoms with Crippen LogP contribution in [0.1, 0.15) is 31.5 Å². The van der Waals surface area contributed by atoms with Gasteiger partial charge in [-0.1, -0.05) is 18.0 Å². The predicted octanol–water partition coefficient (Wildman–Crippen LogP) is 3.30. The van der Waals surface area contributed by atoms with Crippen LogP contribution in [-0.2, 0) is 13.5 Å². The minimum atomic E-state index is 0.664. The maximum atomic E-state index is 6.05. The summed E-state index contributed by atoms with van der Waals surface area (Å²) in [5.74, 6) is 1.16. The Morgan fingerprint density at radius 3 is 3.11 bits per heavy atom. The molecule has 0 bridgehead atoms. The number of benzene rings is 1. The zero-order valence-corrected chi connectivity index (χ0v) is 12.1. The molecule has 102 valence electrons. The molecule has 1 N–H and O–H groups in total. The summed E-state index contributed by atoms with van der Waals surface area (Å²) in [6.45, 7) is 1.17. The highest BCUT2D eigenvalue weighted by Crippen LogP contribution is 2.21. The molecule has 1 saturated heterocycles. The highest BCUT2D eigenvalue weighted by atomic mass is 35.5. The molecule has 1 atom stereocenters. The van der Waals surface area contributed by atoms with Crippen LogP contribution in [-0.4, -0.2) is 22.1 Å². The standard InChI is InChI=1S/C15H20ClN3/c1-19-14-10-11(16)5-7-13(14)18-15(19)8-6-12-4-2-3-9-17-12/h5,7,10,12,17H,2-4,6,8-9H2,1H3. The second kappa shape index (κ2) is 5.51. The third-order valence-electron chi connectivity index (χ3n) is 4.06. The summed E-state index contributed by atoms with van der Waals surface area (Å²) in [5, 5.41) is 4.37. The third-order valence-corrected chi connectivity index (χ3v) is 4.30. The smallest absolute Gasteiger partial charge is 0.109 e. The highest BCUT2D eigenvalue weighted by molar-refractivity contribution is 6.31. The number of nitrogens with one attached hydrogen (secondary N) is 1. The van der Waals surface area contributed by atoms with Gasteiger partial charge >= 0.3 is 0 Å². The number of halogens is 1. The Bertz CT molecular complexity index is 570. The summed E-state index contributed by atoms with van der Waals surface area (Å²) in [4.78, 5) is 4.71. The molecule has 1 fully saturated rings. The maximum Gasteiger partial charge on any atom is 0.109 e. The van der Waals surface area contributed by atoms with Gasteiger partial charge in [0.15, 0.2) is 0 Å². The number of fused-ring (bicyclic) bond motifs is 1. The van der Waals surface area contributed by atoms with Gasteiger partial charge in [0.25, 0.3) is 0 Å². The fourth-order valence-electron chi connectivity index (χ4n) is 2.91. The van der Waals surface area contributed by atoms with Gasteiger partial charge in [-0.15, -0.1) is 0 Å². The number of imidazole rings is 1. The molecule has 19 heavy (non-hydrogen) atoms. The van der Waals surface area contributed by atoms with Gasteiger partial charge in [0.2, 0.25) is 0 Å². The number of aromatic nitrogens is 2. The molecular weight excluding hydrogens is 258 g/mol. The number of nitrogens with zero attached hydrogens (tertiary/aromatic N) is 2. The van der Waals surface area contributed by atoms with E-state index in [0.717, 1.165) is 28.3 Å². The summed E-state index contributed by atoms with van der Waals surface area (Å²) < 4.78 is 2.17. The van der Waals surface area contributed by atoms with Gasteiger partial charge in [0.1, 0.15) is 5.82 Å². The van der Waals surface area contributed by atoms with Crippen LogP contribution in [0.4, 0.5) is 0 Å². The quantitative estimate of drug-likeness (QED) is 0.933. The minimum Gasteiger partial charge on any atom is -0.331 e. The van der Waals surface area contributed by atoms with Gasteiger partial charge < -0.3 is 9.88 Å². The first kappa shape index (κ1) is 12.9.